The van der Waals surface area contributed by atoms with Gasteiger partial charge in [0.25, 0.3) is 0 Å². The Morgan fingerprint density at radius 3 is 2.62 bits per heavy atom. The van der Waals surface area contributed by atoms with Gasteiger partial charge in [0.05, 0.1) is 23.4 Å². The number of hydrogen-bond donors (Lipinski definition) is 1. The van der Waals surface area contributed by atoms with Gasteiger partial charge in [0, 0.05) is 25.4 Å². The van der Waals surface area contributed by atoms with Gasteiger partial charge in [-0.2, -0.15) is 20.7 Å². The van der Waals surface area contributed by atoms with Crippen LogP contribution in [0.25, 0.3) is 0 Å². The SMILES string of the molecule is N#CC(c1ccccc1)C1CCN(C(=O)C2CCc3n[nH]nc3C2)CC1. The second-order valence-electron chi connectivity index (χ2n) is 7.34. The minimum atomic E-state index is -0.0826. The van der Waals surface area contributed by atoms with Crippen LogP contribution < -0.4 is 0 Å². The van der Waals surface area contributed by atoms with Gasteiger partial charge in [-0.05, 0) is 37.2 Å². The first kappa shape index (κ1) is 16.8. The molecule has 1 aromatic carbocycles. The molecular weight excluding hydrogens is 326 g/mol. The molecule has 2 atom stereocenters. The van der Waals surface area contributed by atoms with Gasteiger partial charge in [0.1, 0.15) is 0 Å². The molecular formula is C20H23N5O. The average Bonchev–Trinajstić information content (AvgIpc) is 3.17. The third kappa shape index (κ3) is 3.22. The van der Waals surface area contributed by atoms with Crippen LogP contribution in [0.1, 0.15) is 42.1 Å². The van der Waals surface area contributed by atoms with Crippen molar-refractivity contribution in [3.63, 3.8) is 0 Å². The monoisotopic (exact) mass is 349 g/mol. The van der Waals surface area contributed by atoms with E-state index in [1.54, 1.807) is 0 Å². The van der Waals surface area contributed by atoms with Gasteiger partial charge >= 0.3 is 0 Å². The maximum atomic E-state index is 12.9. The highest BCUT2D eigenvalue weighted by atomic mass is 16.2. The molecule has 1 aromatic heterocycles. The summed E-state index contributed by atoms with van der Waals surface area (Å²) in [4.78, 5) is 14.9. The van der Waals surface area contributed by atoms with Crippen molar-refractivity contribution in [1.29, 1.82) is 5.26 Å². The van der Waals surface area contributed by atoms with Crippen LogP contribution in [0.5, 0.6) is 0 Å². The molecule has 0 bridgehead atoms. The first-order chi connectivity index (χ1) is 12.8. The molecule has 2 aromatic rings. The summed E-state index contributed by atoms with van der Waals surface area (Å²) in [5, 5.41) is 20.6. The number of benzene rings is 1. The Balaban J connectivity index is 1.36. The second kappa shape index (κ2) is 7.28. The maximum Gasteiger partial charge on any atom is 0.226 e. The predicted molar refractivity (Wildman–Crippen MR) is 96.0 cm³/mol. The minimum Gasteiger partial charge on any atom is -0.342 e. The van der Waals surface area contributed by atoms with Crippen LogP contribution in [0, 0.1) is 23.2 Å². The van der Waals surface area contributed by atoms with E-state index in [0.29, 0.717) is 12.3 Å². The van der Waals surface area contributed by atoms with E-state index in [-0.39, 0.29) is 17.7 Å². The normalized spacial score (nSPS) is 21.7. The summed E-state index contributed by atoms with van der Waals surface area (Å²) in [7, 11) is 0. The Kier molecular flexibility index (Phi) is 4.70. The summed E-state index contributed by atoms with van der Waals surface area (Å²) in [5.41, 5.74) is 3.04. The van der Waals surface area contributed by atoms with Crippen molar-refractivity contribution >= 4 is 5.91 Å². The third-order valence-electron chi connectivity index (χ3n) is 5.84. The lowest BCUT2D eigenvalue weighted by molar-refractivity contribution is -0.137. The molecule has 1 aliphatic carbocycles. The summed E-state index contributed by atoms with van der Waals surface area (Å²) >= 11 is 0. The van der Waals surface area contributed by atoms with Crippen LogP contribution in [0.2, 0.25) is 0 Å². The van der Waals surface area contributed by atoms with Crippen molar-refractivity contribution in [2.75, 3.05) is 13.1 Å². The number of nitrogens with zero attached hydrogens (tertiary/aromatic N) is 4. The summed E-state index contributed by atoms with van der Waals surface area (Å²) in [6.07, 6.45) is 4.14. The Bertz CT molecular complexity index is 801. The fourth-order valence-electron chi connectivity index (χ4n) is 4.32. The predicted octanol–water partition coefficient (Wildman–Crippen LogP) is 2.46. The van der Waals surface area contributed by atoms with E-state index in [1.165, 1.54) is 0 Å². The number of aromatic nitrogens is 3. The number of aryl methyl sites for hydroxylation is 1. The topological polar surface area (TPSA) is 85.7 Å². The lowest BCUT2D eigenvalue weighted by Gasteiger charge is -2.36. The number of amides is 1. The fourth-order valence-corrected chi connectivity index (χ4v) is 4.32. The molecule has 2 heterocycles. The molecule has 1 aliphatic heterocycles. The van der Waals surface area contributed by atoms with Crippen molar-refractivity contribution in [3.05, 3.63) is 47.3 Å². The van der Waals surface area contributed by atoms with Crippen LogP contribution in [0.15, 0.2) is 30.3 Å². The standard InChI is InChI=1S/C20H23N5O/c21-13-17(14-4-2-1-3-5-14)15-8-10-25(11-9-15)20(26)16-6-7-18-19(12-16)23-24-22-18/h1-5,15-17H,6-12H2,(H,22,23,24). The van der Waals surface area contributed by atoms with E-state index in [0.717, 1.165) is 55.7 Å². The Morgan fingerprint density at radius 2 is 1.88 bits per heavy atom. The zero-order valence-corrected chi connectivity index (χ0v) is 14.8. The summed E-state index contributed by atoms with van der Waals surface area (Å²) < 4.78 is 0. The van der Waals surface area contributed by atoms with E-state index in [4.69, 9.17) is 0 Å². The molecule has 6 nitrogen and oxygen atoms in total. The van der Waals surface area contributed by atoms with E-state index in [2.05, 4.69) is 21.5 Å². The molecule has 134 valence electrons. The van der Waals surface area contributed by atoms with Crippen LogP contribution in [0.3, 0.4) is 0 Å². The molecule has 1 saturated heterocycles. The van der Waals surface area contributed by atoms with Crippen molar-refractivity contribution in [2.45, 2.75) is 38.0 Å². The molecule has 4 rings (SSSR count). The Labute approximate surface area is 153 Å². The average molecular weight is 349 g/mol. The highest BCUT2D eigenvalue weighted by Crippen LogP contribution is 2.33. The molecule has 6 heteroatoms. The van der Waals surface area contributed by atoms with Gasteiger partial charge in [-0.1, -0.05) is 30.3 Å². The number of nitriles is 1. The number of carbonyl (C=O) groups excluding carboxylic acids is 1. The smallest absolute Gasteiger partial charge is 0.226 e. The zero-order chi connectivity index (χ0) is 17.9. The van der Waals surface area contributed by atoms with E-state index >= 15 is 0 Å². The van der Waals surface area contributed by atoms with Crippen LogP contribution in [-0.2, 0) is 17.6 Å². The molecule has 2 unspecified atom stereocenters. The maximum absolute atomic E-state index is 12.9. The third-order valence-corrected chi connectivity index (χ3v) is 5.84. The van der Waals surface area contributed by atoms with Crippen molar-refractivity contribution in [1.82, 2.24) is 20.3 Å². The summed E-state index contributed by atoms with van der Waals surface area (Å²) in [6, 6.07) is 12.5. The van der Waals surface area contributed by atoms with Gasteiger partial charge in [-0.25, -0.2) is 0 Å². The van der Waals surface area contributed by atoms with Crippen LogP contribution >= 0.6 is 0 Å². The molecule has 1 fully saturated rings. The first-order valence-corrected chi connectivity index (χ1v) is 9.38. The van der Waals surface area contributed by atoms with E-state index in [1.807, 2.05) is 35.2 Å². The minimum absolute atomic E-state index is 0.0186. The van der Waals surface area contributed by atoms with Crippen LogP contribution in [-0.4, -0.2) is 39.3 Å². The quantitative estimate of drug-likeness (QED) is 0.922. The van der Waals surface area contributed by atoms with Crippen molar-refractivity contribution in [3.8, 4) is 6.07 Å². The summed E-state index contributed by atoms with van der Waals surface area (Å²) in [5.74, 6) is 0.496. The largest absolute Gasteiger partial charge is 0.342 e. The van der Waals surface area contributed by atoms with Gasteiger partial charge in [-0.15, -0.1) is 0 Å². The number of aromatic amines is 1. The number of hydrogen-bond acceptors (Lipinski definition) is 4. The van der Waals surface area contributed by atoms with Gasteiger partial charge in [0.2, 0.25) is 5.91 Å². The lowest BCUT2D eigenvalue weighted by atomic mass is 9.80. The number of piperidine rings is 1. The number of nitrogens with one attached hydrogen (secondary N) is 1. The van der Waals surface area contributed by atoms with E-state index in [9.17, 15) is 10.1 Å². The molecule has 2 aliphatic rings. The molecule has 0 radical (unpaired) electrons. The molecule has 0 spiro atoms. The van der Waals surface area contributed by atoms with Gasteiger partial charge in [-0.3, -0.25) is 4.79 Å². The number of likely N-dealkylation sites (tertiary alicyclic amines) is 1. The first-order valence-electron chi connectivity index (χ1n) is 9.38. The van der Waals surface area contributed by atoms with Crippen LogP contribution in [0.4, 0.5) is 0 Å². The zero-order valence-electron chi connectivity index (χ0n) is 14.8. The summed E-state index contributed by atoms with van der Waals surface area (Å²) in [6.45, 7) is 1.49. The molecule has 26 heavy (non-hydrogen) atoms. The van der Waals surface area contributed by atoms with Gasteiger partial charge < -0.3 is 4.90 Å². The molecule has 0 saturated carbocycles. The fraction of sp³-hybridized carbons (Fsp3) is 0.500. The van der Waals surface area contributed by atoms with Crippen molar-refractivity contribution in [2.24, 2.45) is 11.8 Å². The van der Waals surface area contributed by atoms with E-state index < -0.39 is 0 Å². The Hall–Kier alpha value is -2.68. The number of rotatable bonds is 3. The Morgan fingerprint density at radius 1 is 1.15 bits per heavy atom. The van der Waals surface area contributed by atoms with Gasteiger partial charge in [0.15, 0.2) is 0 Å². The molecule has 1 amide bonds. The molecule has 1 N–H and O–H groups in total. The number of fused-ring (bicyclic) bond motifs is 1. The lowest BCUT2D eigenvalue weighted by Crippen LogP contribution is -2.43. The second-order valence-corrected chi connectivity index (χ2v) is 7.34. The highest BCUT2D eigenvalue weighted by Gasteiger charge is 2.34. The number of carbonyl (C=O) groups is 1. The number of H-pyrrole nitrogens is 1. The highest BCUT2D eigenvalue weighted by molar-refractivity contribution is 5.79. The van der Waals surface area contributed by atoms with Crippen molar-refractivity contribution < 1.29 is 4.79 Å².